The molecule has 0 atom stereocenters. The van der Waals surface area contributed by atoms with E-state index in [9.17, 15) is 4.79 Å². The molecule has 0 spiro atoms. The molecule has 142 valence electrons. The van der Waals surface area contributed by atoms with Gasteiger partial charge in [-0.05, 0) is 43.5 Å². The van der Waals surface area contributed by atoms with E-state index in [1.165, 1.54) is 0 Å². The largest absolute Gasteiger partial charge is 0.493 e. The Kier molecular flexibility index (Phi) is 6.12. The van der Waals surface area contributed by atoms with E-state index < -0.39 is 0 Å². The van der Waals surface area contributed by atoms with Crippen LogP contribution in [0.2, 0.25) is 0 Å². The lowest BCUT2D eigenvalue weighted by Crippen LogP contribution is -2.25. The number of hydrogen-bond donors (Lipinski definition) is 0. The summed E-state index contributed by atoms with van der Waals surface area (Å²) in [5.41, 5.74) is 3.25. The van der Waals surface area contributed by atoms with Crippen LogP contribution in [0.25, 0.3) is 11.0 Å². The maximum Gasteiger partial charge on any atom is 0.219 e. The third-order valence-electron chi connectivity index (χ3n) is 4.78. The van der Waals surface area contributed by atoms with Gasteiger partial charge in [0, 0.05) is 20.5 Å². The van der Waals surface area contributed by atoms with Crippen LogP contribution >= 0.6 is 0 Å². The van der Waals surface area contributed by atoms with Crippen molar-refractivity contribution in [2.45, 2.75) is 39.8 Å². The number of amides is 1. The standard InChI is InChI=1S/C22H27N3O2/c1-17-10-4-7-13-21(17)27-15-9-8-14-25-20-12-6-5-11-19(20)23-22(25)16-24(3)18(2)26/h4-7,10-13H,8-9,14-16H2,1-3H3. The highest BCUT2D eigenvalue weighted by molar-refractivity contribution is 5.76. The molecule has 5 heteroatoms. The third kappa shape index (κ3) is 4.67. The van der Waals surface area contributed by atoms with Gasteiger partial charge in [0.05, 0.1) is 24.2 Å². The number of aromatic nitrogens is 2. The van der Waals surface area contributed by atoms with Crippen molar-refractivity contribution in [3.63, 3.8) is 0 Å². The first kappa shape index (κ1) is 19.0. The predicted octanol–water partition coefficient (Wildman–Crippen LogP) is 4.18. The number of carbonyl (C=O) groups excluding carboxylic acids is 1. The number of fused-ring (bicyclic) bond motifs is 1. The average molecular weight is 365 g/mol. The molecule has 2 aromatic carbocycles. The monoisotopic (exact) mass is 365 g/mol. The van der Waals surface area contributed by atoms with Crippen LogP contribution < -0.4 is 4.74 Å². The Morgan fingerprint density at radius 3 is 2.63 bits per heavy atom. The normalized spacial score (nSPS) is 10.9. The topological polar surface area (TPSA) is 47.4 Å². The van der Waals surface area contributed by atoms with Gasteiger partial charge < -0.3 is 14.2 Å². The van der Waals surface area contributed by atoms with E-state index in [4.69, 9.17) is 9.72 Å². The Morgan fingerprint density at radius 2 is 1.85 bits per heavy atom. The molecular formula is C22H27N3O2. The molecule has 3 aromatic rings. The van der Waals surface area contributed by atoms with E-state index in [-0.39, 0.29) is 5.91 Å². The Balaban J connectivity index is 1.63. The van der Waals surface area contributed by atoms with Crippen molar-refractivity contribution in [2.24, 2.45) is 0 Å². The van der Waals surface area contributed by atoms with Gasteiger partial charge in [0.2, 0.25) is 5.91 Å². The van der Waals surface area contributed by atoms with E-state index in [2.05, 4.69) is 23.6 Å². The number of hydrogen-bond acceptors (Lipinski definition) is 3. The molecule has 1 heterocycles. The third-order valence-corrected chi connectivity index (χ3v) is 4.78. The van der Waals surface area contributed by atoms with Crippen LogP contribution in [0, 0.1) is 6.92 Å². The zero-order valence-corrected chi connectivity index (χ0v) is 16.3. The zero-order chi connectivity index (χ0) is 19.2. The maximum absolute atomic E-state index is 11.6. The molecule has 0 aliphatic heterocycles. The lowest BCUT2D eigenvalue weighted by Gasteiger charge is -2.16. The van der Waals surface area contributed by atoms with E-state index in [0.717, 1.165) is 47.6 Å². The molecule has 0 N–H and O–H groups in total. The summed E-state index contributed by atoms with van der Waals surface area (Å²) in [6.07, 6.45) is 1.95. The molecule has 0 unspecified atom stereocenters. The minimum atomic E-state index is 0.0419. The molecule has 5 nitrogen and oxygen atoms in total. The number of benzene rings is 2. The highest BCUT2D eigenvalue weighted by atomic mass is 16.5. The lowest BCUT2D eigenvalue weighted by molar-refractivity contribution is -0.128. The van der Waals surface area contributed by atoms with Crippen molar-refractivity contribution in [3.8, 4) is 5.75 Å². The van der Waals surface area contributed by atoms with Gasteiger partial charge in [-0.3, -0.25) is 4.79 Å². The summed E-state index contributed by atoms with van der Waals surface area (Å²) in [4.78, 5) is 18.0. The highest BCUT2D eigenvalue weighted by Crippen LogP contribution is 2.19. The molecule has 0 bridgehead atoms. The number of carbonyl (C=O) groups is 1. The fourth-order valence-corrected chi connectivity index (χ4v) is 3.09. The number of ether oxygens (including phenoxy) is 1. The van der Waals surface area contributed by atoms with Gasteiger partial charge in [-0.2, -0.15) is 0 Å². The Morgan fingerprint density at radius 1 is 1.11 bits per heavy atom. The van der Waals surface area contributed by atoms with Crippen LogP contribution in [-0.4, -0.2) is 34.0 Å². The summed E-state index contributed by atoms with van der Waals surface area (Å²) in [5, 5.41) is 0. The van der Waals surface area contributed by atoms with Gasteiger partial charge in [0.25, 0.3) is 0 Å². The fraction of sp³-hybridized carbons (Fsp3) is 0.364. The molecule has 1 aromatic heterocycles. The maximum atomic E-state index is 11.6. The van der Waals surface area contributed by atoms with Crippen LogP contribution in [0.4, 0.5) is 0 Å². The van der Waals surface area contributed by atoms with Crippen molar-refractivity contribution in [2.75, 3.05) is 13.7 Å². The molecule has 0 radical (unpaired) electrons. The predicted molar refractivity (Wildman–Crippen MR) is 108 cm³/mol. The summed E-state index contributed by atoms with van der Waals surface area (Å²) in [6, 6.07) is 16.2. The summed E-state index contributed by atoms with van der Waals surface area (Å²) in [5.74, 6) is 1.92. The van der Waals surface area contributed by atoms with Crippen LogP contribution in [0.15, 0.2) is 48.5 Å². The van der Waals surface area contributed by atoms with Gasteiger partial charge in [-0.1, -0.05) is 30.3 Å². The molecule has 0 saturated carbocycles. The molecular weight excluding hydrogens is 338 g/mol. The van der Waals surface area contributed by atoms with E-state index in [0.29, 0.717) is 13.2 Å². The summed E-state index contributed by atoms with van der Waals surface area (Å²) < 4.78 is 8.12. The summed E-state index contributed by atoms with van der Waals surface area (Å²) in [7, 11) is 1.81. The number of rotatable bonds is 8. The van der Waals surface area contributed by atoms with Gasteiger partial charge in [0.1, 0.15) is 11.6 Å². The second kappa shape index (κ2) is 8.71. The molecule has 27 heavy (non-hydrogen) atoms. The molecule has 3 rings (SSSR count). The molecule has 0 saturated heterocycles. The lowest BCUT2D eigenvalue weighted by atomic mass is 10.2. The van der Waals surface area contributed by atoms with Gasteiger partial charge in [-0.25, -0.2) is 4.98 Å². The van der Waals surface area contributed by atoms with E-state index in [1.54, 1.807) is 11.8 Å². The second-order valence-electron chi connectivity index (χ2n) is 6.86. The molecule has 0 fully saturated rings. The first-order valence-electron chi connectivity index (χ1n) is 9.40. The Bertz CT molecular complexity index is 917. The molecule has 1 amide bonds. The van der Waals surface area contributed by atoms with Gasteiger partial charge in [-0.15, -0.1) is 0 Å². The first-order chi connectivity index (χ1) is 13.1. The van der Waals surface area contributed by atoms with Crippen LogP contribution in [0.5, 0.6) is 5.75 Å². The second-order valence-corrected chi connectivity index (χ2v) is 6.86. The Hall–Kier alpha value is -2.82. The quantitative estimate of drug-likeness (QED) is 0.563. The van der Waals surface area contributed by atoms with Crippen molar-refractivity contribution in [3.05, 3.63) is 59.9 Å². The van der Waals surface area contributed by atoms with Crippen molar-refractivity contribution in [1.29, 1.82) is 0 Å². The average Bonchev–Trinajstić information content (AvgIpc) is 3.00. The summed E-state index contributed by atoms with van der Waals surface area (Å²) >= 11 is 0. The van der Waals surface area contributed by atoms with Gasteiger partial charge in [0.15, 0.2) is 0 Å². The Labute approximate surface area is 160 Å². The van der Waals surface area contributed by atoms with E-state index >= 15 is 0 Å². The summed E-state index contributed by atoms with van der Waals surface area (Å²) in [6.45, 7) is 5.71. The van der Waals surface area contributed by atoms with Gasteiger partial charge >= 0.3 is 0 Å². The van der Waals surface area contributed by atoms with Crippen LogP contribution in [-0.2, 0) is 17.9 Å². The number of para-hydroxylation sites is 3. The number of unbranched alkanes of at least 4 members (excludes halogenated alkanes) is 1. The number of imidazole rings is 1. The number of aryl methyl sites for hydroxylation is 2. The van der Waals surface area contributed by atoms with Crippen molar-refractivity contribution >= 4 is 16.9 Å². The van der Waals surface area contributed by atoms with Crippen molar-refractivity contribution < 1.29 is 9.53 Å². The zero-order valence-electron chi connectivity index (χ0n) is 16.3. The van der Waals surface area contributed by atoms with E-state index in [1.807, 2.05) is 43.4 Å². The smallest absolute Gasteiger partial charge is 0.219 e. The first-order valence-corrected chi connectivity index (χ1v) is 9.40. The minimum absolute atomic E-state index is 0.0419. The SMILES string of the molecule is CC(=O)N(C)Cc1nc2ccccc2n1CCCCOc1ccccc1C. The molecule has 0 aliphatic carbocycles. The minimum Gasteiger partial charge on any atom is -0.493 e. The fourth-order valence-electron chi connectivity index (χ4n) is 3.09. The van der Waals surface area contributed by atoms with Crippen LogP contribution in [0.1, 0.15) is 31.2 Å². The van der Waals surface area contributed by atoms with Crippen LogP contribution in [0.3, 0.4) is 0 Å². The van der Waals surface area contributed by atoms with Crippen molar-refractivity contribution in [1.82, 2.24) is 14.5 Å². The highest BCUT2D eigenvalue weighted by Gasteiger charge is 2.13. The number of nitrogens with zero attached hydrogens (tertiary/aromatic N) is 3. The molecule has 0 aliphatic rings.